The normalized spacial score (nSPS) is 19.1. The fourth-order valence-electron chi connectivity index (χ4n) is 4.25. The van der Waals surface area contributed by atoms with Crippen molar-refractivity contribution in [3.8, 4) is 11.5 Å². The molecule has 150 valence electrons. The highest BCUT2D eigenvalue weighted by Crippen LogP contribution is 2.47. The lowest BCUT2D eigenvalue weighted by Gasteiger charge is -2.38. The molecule has 5 nitrogen and oxygen atoms in total. The van der Waals surface area contributed by atoms with Gasteiger partial charge in [-0.25, -0.2) is 0 Å². The molecule has 0 atom stereocenters. The van der Waals surface area contributed by atoms with Gasteiger partial charge in [0, 0.05) is 25.0 Å². The molecule has 1 saturated heterocycles. The third kappa shape index (κ3) is 4.17. The zero-order chi connectivity index (χ0) is 19.5. The molecule has 1 heterocycles. The Labute approximate surface area is 164 Å². The number of aliphatic imine (C=N–C) groups is 1. The maximum Gasteiger partial charge on any atom is 0.193 e. The quantitative estimate of drug-likeness (QED) is 0.608. The Bertz CT molecular complexity index is 680. The van der Waals surface area contributed by atoms with E-state index in [0.29, 0.717) is 5.41 Å². The van der Waals surface area contributed by atoms with Crippen LogP contribution in [0.5, 0.6) is 11.5 Å². The molecule has 3 rings (SSSR count). The molecule has 2 fully saturated rings. The summed E-state index contributed by atoms with van der Waals surface area (Å²) in [5.41, 5.74) is 1.69. The van der Waals surface area contributed by atoms with Crippen molar-refractivity contribution < 1.29 is 9.47 Å². The van der Waals surface area contributed by atoms with Gasteiger partial charge in [0.25, 0.3) is 0 Å². The number of rotatable bonds is 6. The van der Waals surface area contributed by atoms with Crippen LogP contribution in [0.3, 0.4) is 0 Å². The van der Waals surface area contributed by atoms with Crippen LogP contribution in [0.15, 0.2) is 23.2 Å². The van der Waals surface area contributed by atoms with Crippen LogP contribution in [-0.2, 0) is 5.41 Å². The van der Waals surface area contributed by atoms with Gasteiger partial charge in [0.05, 0.1) is 20.8 Å². The number of likely N-dealkylation sites (tertiary alicyclic amines) is 1. The fraction of sp³-hybridized carbons (Fsp3) is 0.682. The zero-order valence-corrected chi connectivity index (χ0v) is 17.6. The Kier molecular flexibility index (Phi) is 5.87. The molecule has 2 aliphatic rings. The second kappa shape index (κ2) is 7.99. The van der Waals surface area contributed by atoms with Crippen molar-refractivity contribution in [3.05, 3.63) is 23.8 Å². The zero-order valence-electron chi connectivity index (χ0n) is 17.6. The Balaban J connectivity index is 1.74. The van der Waals surface area contributed by atoms with E-state index >= 15 is 0 Å². The molecule has 0 aromatic heterocycles. The Morgan fingerprint density at radius 3 is 2.48 bits per heavy atom. The Morgan fingerprint density at radius 1 is 1.19 bits per heavy atom. The summed E-state index contributed by atoms with van der Waals surface area (Å²) in [6, 6.07) is 6.16. The van der Waals surface area contributed by atoms with Crippen molar-refractivity contribution in [1.82, 2.24) is 10.2 Å². The third-order valence-corrected chi connectivity index (χ3v) is 6.28. The van der Waals surface area contributed by atoms with Crippen molar-refractivity contribution >= 4 is 5.96 Å². The van der Waals surface area contributed by atoms with Gasteiger partial charge in [-0.3, -0.25) is 4.99 Å². The molecule has 1 spiro atoms. The van der Waals surface area contributed by atoms with Crippen LogP contribution in [0.25, 0.3) is 0 Å². The third-order valence-electron chi connectivity index (χ3n) is 6.28. The lowest BCUT2D eigenvalue weighted by atomic mass is 9.68. The van der Waals surface area contributed by atoms with Gasteiger partial charge in [0.2, 0.25) is 0 Å². The largest absolute Gasteiger partial charge is 0.493 e. The monoisotopic (exact) mass is 373 g/mol. The summed E-state index contributed by atoms with van der Waals surface area (Å²) < 4.78 is 10.8. The summed E-state index contributed by atoms with van der Waals surface area (Å²) in [6.45, 7) is 10.5. The molecule has 0 radical (unpaired) electrons. The first-order chi connectivity index (χ1) is 12.9. The van der Waals surface area contributed by atoms with Gasteiger partial charge < -0.3 is 19.7 Å². The van der Waals surface area contributed by atoms with Crippen LogP contribution < -0.4 is 14.8 Å². The first kappa shape index (κ1) is 19.8. The SMILES string of the molecule is CCNC(=NCC(C)(C)c1ccc(OC)c(OC)c1)N1CCC2(CCC2)C1. The second-order valence-corrected chi connectivity index (χ2v) is 8.65. The smallest absolute Gasteiger partial charge is 0.193 e. The summed E-state index contributed by atoms with van der Waals surface area (Å²) >= 11 is 0. The van der Waals surface area contributed by atoms with Gasteiger partial charge in [-0.15, -0.1) is 0 Å². The van der Waals surface area contributed by atoms with Crippen molar-refractivity contribution in [2.45, 2.75) is 51.9 Å². The molecule has 1 aromatic rings. The molecule has 1 aliphatic carbocycles. The predicted octanol–water partition coefficient (Wildman–Crippen LogP) is 3.82. The molecule has 27 heavy (non-hydrogen) atoms. The average molecular weight is 374 g/mol. The first-order valence-electron chi connectivity index (χ1n) is 10.2. The van der Waals surface area contributed by atoms with E-state index in [1.165, 1.54) is 31.2 Å². The standard InChI is InChI=1S/C22H35N3O2/c1-6-23-20(25-13-12-22(16-25)10-7-11-22)24-15-21(2,3)17-8-9-18(26-4)19(14-17)27-5/h8-9,14H,6-7,10-13,15-16H2,1-5H3,(H,23,24). The van der Waals surface area contributed by atoms with Crippen molar-refractivity contribution in [3.63, 3.8) is 0 Å². The van der Waals surface area contributed by atoms with E-state index in [2.05, 4.69) is 43.1 Å². The minimum absolute atomic E-state index is 0.0892. The predicted molar refractivity (Wildman–Crippen MR) is 111 cm³/mol. The molecule has 0 bridgehead atoms. The number of nitrogens with zero attached hydrogens (tertiary/aromatic N) is 2. The van der Waals surface area contributed by atoms with E-state index in [1.807, 2.05) is 6.07 Å². The van der Waals surface area contributed by atoms with Crippen LogP contribution in [0.1, 0.15) is 52.0 Å². The number of ether oxygens (including phenoxy) is 2. The van der Waals surface area contributed by atoms with Crippen LogP contribution in [0.4, 0.5) is 0 Å². The van der Waals surface area contributed by atoms with Gasteiger partial charge in [-0.2, -0.15) is 0 Å². The number of nitrogens with one attached hydrogen (secondary N) is 1. The number of methoxy groups -OCH3 is 2. The molecule has 1 N–H and O–H groups in total. The molecule has 5 heteroatoms. The Morgan fingerprint density at radius 2 is 1.93 bits per heavy atom. The van der Waals surface area contributed by atoms with E-state index in [0.717, 1.165) is 43.6 Å². The average Bonchev–Trinajstić information content (AvgIpc) is 3.10. The number of guanidine groups is 1. The second-order valence-electron chi connectivity index (χ2n) is 8.65. The van der Waals surface area contributed by atoms with E-state index in [1.54, 1.807) is 14.2 Å². The van der Waals surface area contributed by atoms with Gasteiger partial charge in [0.1, 0.15) is 0 Å². The van der Waals surface area contributed by atoms with Gasteiger partial charge in [0.15, 0.2) is 17.5 Å². The van der Waals surface area contributed by atoms with E-state index in [4.69, 9.17) is 14.5 Å². The van der Waals surface area contributed by atoms with Crippen LogP contribution in [-0.4, -0.2) is 51.3 Å². The van der Waals surface area contributed by atoms with Crippen molar-refractivity contribution in [1.29, 1.82) is 0 Å². The summed E-state index contributed by atoms with van der Waals surface area (Å²) in [6.07, 6.45) is 5.49. The summed E-state index contributed by atoms with van der Waals surface area (Å²) in [5.74, 6) is 2.59. The molecule has 1 aliphatic heterocycles. The van der Waals surface area contributed by atoms with Crippen LogP contribution in [0.2, 0.25) is 0 Å². The van der Waals surface area contributed by atoms with E-state index < -0.39 is 0 Å². The fourth-order valence-corrected chi connectivity index (χ4v) is 4.25. The molecule has 1 saturated carbocycles. The lowest BCUT2D eigenvalue weighted by Crippen LogP contribution is -2.43. The van der Waals surface area contributed by atoms with E-state index in [-0.39, 0.29) is 5.41 Å². The first-order valence-corrected chi connectivity index (χ1v) is 10.2. The summed E-state index contributed by atoms with van der Waals surface area (Å²) in [7, 11) is 3.35. The number of hydrogen-bond donors (Lipinski definition) is 1. The summed E-state index contributed by atoms with van der Waals surface area (Å²) in [4.78, 5) is 7.49. The highest BCUT2D eigenvalue weighted by atomic mass is 16.5. The topological polar surface area (TPSA) is 46.1 Å². The van der Waals surface area contributed by atoms with Gasteiger partial charge in [-0.05, 0) is 49.3 Å². The van der Waals surface area contributed by atoms with Crippen molar-refractivity contribution in [2.75, 3.05) is 40.4 Å². The molecule has 0 unspecified atom stereocenters. The lowest BCUT2D eigenvalue weighted by molar-refractivity contribution is 0.151. The summed E-state index contributed by atoms with van der Waals surface area (Å²) in [5, 5.41) is 3.51. The minimum atomic E-state index is -0.0892. The van der Waals surface area contributed by atoms with Crippen LogP contribution >= 0.6 is 0 Å². The Hall–Kier alpha value is -1.91. The highest BCUT2D eigenvalue weighted by molar-refractivity contribution is 5.80. The highest BCUT2D eigenvalue weighted by Gasteiger charge is 2.43. The van der Waals surface area contributed by atoms with Crippen LogP contribution in [0, 0.1) is 5.41 Å². The van der Waals surface area contributed by atoms with E-state index in [9.17, 15) is 0 Å². The number of benzene rings is 1. The molecular weight excluding hydrogens is 338 g/mol. The molecular formula is C22H35N3O2. The number of hydrogen-bond acceptors (Lipinski definition) is 3. The van der Waals surface area contributed by atoms with Gasteiger partial charge in [-0.1, -0.05) is 26.3 Å². The van der Waals surface area contributed by atoms with Gasteiger partial charge >= 0.3 is 0 Å². The minimum Gasteiger partial charge on any atom is -0.493 e. The maximum absolute atomic E-state index is 5.48. The molecule has 0 amide bonds. The maximum atomic E-state index is 5.48. The molecule has 1 aromatic carbocycles. The van der Waals surface area contributed by atoms with Crippen molar-refractivity contribution in [2.24, 2.45) is 10.4 Å².